The second-order valence-electron chi connectivity index (χ2n) is 10.5. The summed E-state index contributed by atoms with van der Waals surface area (Å²) in [4.78, 5) is 24.6. The Hall–Kier alpha value is -3.38. The number of halogens is 2. The van der Waals surface area contributed by atoms with E-state index in [-0.39, 0.29) is 11.7 Å². The number of methoxy groups -OCH3 is 1. The molecule has 1 saturated heterocycles. The van der Waals surface area contributed by atoms with Crippen LogP contribution >= 0.6 is 11.9 Å². The van der Waals surface area contributed by atoms with Crippen molar-refractivity contribution < 1.29 is 23.4 Å². The largest absolute Gasteiger partial charge is 0.494 e. The van der Waals surface area contributed by atoms with E-state index >= 15 is 0 Å². The van der Waals surface area contributed by atoms with Crippen molar-refractivity contribution in [2.45, 2.75) is 44.9 Å². The zero-order valence-electron chi connectivity index (χ0n) is 22.7. The van der Waals surface area contributed by atoms with E-state index in [4.69, 9.17) is 9.72 Å². The van der Waals surface area contributed by atoms with Gasteiger partial charge in [0.25, 0.3) is 5.91 Å². The molecule has 1 N–H and O–H groups in total. The number of aromatic nitrogens is 4. The molecule has 12 heteroatoms. The molecule has 1 unspecified atom stereocenters. The molecule has 40 heavy (non-hydrogen) atoms. The van der Waals surface area contributed by atoms with Gasteiger partial charge in [-0.2, -0.15) is 8.78 Å². The van der Waals surface area contributed by atoms with Crippen LogP contribution in [0.15, 0.2) is 30.3 Å². The number of piperidine rings is 1. The second-order valence-corrected chi connectivity index (χ2v) is 11.3. The maximum Gasteiger partial charge on any atom is 0.325 e. The Morgan fingerprint density at radius 1 is 1.23 bits per heavy atom. The van der Waals surface area contributed by atoms with Crippen LogP contribution in [0.25, 0.3) is 33.6 Å². The average Bonchev–Trinajstić information content (AvgIpc) is 3.62. The van der Waals surface area contributed by atoms with E-state index in [9.17, 15) is 18.7 Å². The summed E-state index contributed by atoms with van der Waals surface area (Å²) in [5.41, 5.74) is 3.28. The van der Waals surface area contributed by atoms with Crippen LogP contribution in [0.3, 0.4) is 0 Å². The number of hydrogen-bond donors (Lipinski definition) is 1. The van der Waals surface area contributed by atoms with Crippen molar-refractivity contribution >= 4 is 45.7 Å². The number of aliphatic hydroxyl groups excluding tert-OH is 1. The number of nitrogens with zero attached hydrogens (tertiary/aromatic N) is 6. The molecule has 212 valence electrons. The van der Waals surface area contributed by atoms with Gasteiger partial charge in [-0.15, -0.1) is 0 Å². The first-order valence-electron chi connectivity index (χ1n) is 13.4. The van der Waals surface area contributed by atoms with Crippen molar-refractivity contribution in [3.05, 3.63) is 35.9 Å². The molecule has 1 aromatic carbocycles. The molecule has 0 spiro atoms. The van der Waals surface area contributed by atoms with Crippen LogP contribution in [0.1, 0.15) is 36.0 Å². The lowest BCUT2D eigenvalue weighted by Crippen LogP contribution is -2.42. The summed E-state index contributed by atoms with van der Waals surface area (Å²) in [6, 6.07) is 8.93. The molecule has 1 amide bonds. The van der Waals surface area contributed by atoms with Gasteiger partial charge in [-0.3, -0.25) is 4.79 Å². The van der Waals surface area contributed by atoms with Gasteiger partial charge in [0.1, 0.15) is 22.7 Å². The Kier molecular flexibility index (Phi) is 7.07. The summed E-state index contributed by atoms with van der Waals surface area (Å²) >= 11 is 0.935. The predicted molar refractivity (Wildman–Crippen MR) is 152 cm³/mol. The van der Waals surface area contributed by atoms with Crippen LogP contribution in [0.5, 0.6) is 5.75 Å². The Bertz CT molecular complexity index is 1580. The number of pyridine rings is 1. The minimum absolute atomic E-state index is 0.164. The van der Waals surface area contributed by atoms with E-state index in [1.54, 1.807) is 36.5 Å². The smallest absolute Gasteiger partial charge is 0.325 e. The molecule has 3 aromatic heterocycles. The van der Waals surface area contributed by atoms with Crippen molar-refractivity contribution in [2.75, 3.05) is 30.8 Å². The molecule has 6 rings (SSSR count). The Balaban J connectivity index is 1.47. The Morgan fingerprint density at radius 2 is 2.02 bits per heavy atom. The number of benzene rings is 1. The highest BCUT2D eigenvalue weighted by Crippen LogP contribution is 2.38. The number of β-amino-alcohol motifs (C(OH)–C–C–N with tert-alkyl or cyclic N) is 1. The number of imidazole rings is 1. The highest BCUT2D eigenvalue weighted by molar-refractivity contribution is 7.99. The van der Waals surface area contributed by atoms with E-state index in [0.717, 1.165) is 52.1 Å². The van der Waals surface area contributed by atoms with Crippen LogP contribution in [0.2, 0.25) is 0 Å². The van der Waals surface area contributed by atoms with Gasteiger partial charge in [0.15, 0.2) is 5.82 Å². The SMILES string of the molecule is COc1cc(C(=O)N2CCCC(O)C2)cc2nc(-c3cc4ccc(N(SC)C(F)F)nc4n3CC3CC3)n(C)c12. The zero-order valence-corrected chi connectivity index (χ0v) is 23.5. The first-order valence-corrected chi connectivity index (χ1v) is 14.6. The van der Waals surface area contributed by atoms with Gasteiger partial charge in [-0.1, -0.05) is 0 Å². The first-order chi connectivity index (χ1) is 19.3. The summed E-state index contributed by atoms with van der Waals surface area (Å²) in [6.45, 7) is -1.06. The molecule has 0 radical (unpaired) electrons. The number of carbonyl (C=O) groups is 1. The molecule has 4 heterocycles. The number of carbonyl (C=O) groups excluding carboxylic acids is 1. The lowest BCUT2D eigenvalue weighted by atomic mass is 10.1. The topological polar surface area (TPSA) is 88.7 Å². The van der Waals surface area contributed by atoms with Crippen molar-refractivity contribution in [1.82, 2.24) is 24.0 Å². The number of amides is 1. The van der Waals surface area contributed by atoms with E-state index in [1.807, 2.05) is 23.7 Å². The van der Waals surface area contributed by atoms with E-state index in [0.29, 0.717) is 60.3 Å². The van der Waals surface area contributed by atoms with E-state index in [1.165, 1.54) is 0 Å². The summed E-state index contributed by atoms with van der Waals surface area (Å²) in [5.74, 6) is 1.73. The monoisotopic (exact) mass is 570 g/mol. The molecule has 4 aromatic rings. The molecule has 1 saturated carbocycles. The normalized spacial score (nSPS) is 17.8. The highest BCUT2D eigenvalue weighted by Gasteiger charge is 2.29. The summed E-state index contributed by atoms with van der Waals surface area (Å²) in [6.07, 6.45) is 4.76. The zero-order chi connectivity index (χ0) is 28.1. The molecule has 9 nitrogen and oxygen atoms in total. The van der Waals surface area contributed by atoms with Crippen LogP contribution in [-0.4, -0.2) is 74.1 Å². The number of hydrogen-bond acceptors (Lipinski definition) is 7. The molecule has 1 atom stereocenters. The number of aryl methyl sites for hydroxylation is 1. The second kappa shape index (κ2) is 10.5. The van der Waals surface area contributed by atoms with E-state index in [2.05, 4.69) is 9.55 Å². The quantitative estimate of drug-likeness (QED) is 0.238. The molecule has 0 bridgehead atoms. The fraction of sp³-hybridized carbons (Fsp3) is 0.464. The first kappa shape index (κ1) is 26.8. The lowest BCUT2D eigenvalue weighted by molar-refractivity contribution is 0.0473. The summed E-state index contributed by atoms with van der Waals surface area (Å²) in [7, 11) is 3.47. The van der Waals surface area contributed by atoms with Crippen molar-refractivity contribution in [3.8, 4) is 17.3 Å². The number of anilines is 1. The maximum atomic E-state index is 13.6. The molecular formula is C28H32F2N6O3S. The predicted octanol–water partition coefficient (Wildman–Crippen LogP) is 4.91. The van der Waals surface area contributed by atoms with Gasteiger partial charge in [0, 0.05) is 43.9 Å². The molecule has 1 aliphatic heterocycles. The summed E-state index contributed by atoms with van der Waals surface area (Å²) in [5, 5.41) is 10.9. The minimum Gasteiger partial charge on any atom is -0.494 e. The summed E-state index contributed by atoms with van der Waals surface area (Å²) < 4.78 is 37.9. The molecular weight excluding hydrogens is 538 g/mol. The molecule has 1 aliphatic carbocycles. The third-order valence-corrected chi connectivity index (χ3v) is 8.52. The van der Waals surface area contributed by atoms with Gasteiger partial charge in [-0.05, 0) is 73.9 Å². The maximum absolute atomic E-state index is 13.6. The molecule has 2 aliphatic rings. The lowest BCUT2D eigenvalue weighted by Gasteiger charge is -2.30. The number of aliphatic hydroxyl groups is 1. The number of fused-ring (bicyclic) bond motifs is 2. The Labute approximate surface area is 234 Å². The van der Waals surface area contributed by atoms with Gasteiger partial charge >= 0.3 is 6.55 Å². The van der Waals surface area contributed by atoms with Crippen LogP contribution in [0, 0.1) is 5.92 Å². The fourth-order valence-corrected chi connectivity index (χ4v) is 6.03. The van der Waals surface area contributed by atoms with Crippen LogP contribution in [0.4, 0.5) is 14.6 Å². The van der Waals surface area contributed by atoms with Crippen molar-refractivity contribution in [3.63, 3.8) is 0 Å². The number of rotatable bonds is 8. The standard InChI is InChI=1S/C28H32F2N6O3S/c1-33-24-20(11-18(13-22(24)39-2)27(38)34-10-4-5-19(37)15-34)31-26(33)21-12-17-8-9-23(36(40-3)28(29)30)32-25(17)35(21)14-16-6-7-16/h8-9,11-13,16,19,28,37H,4-7,10,14-15H2,1-3H3. The number of ether oxygens (including phenoxy) is 1. The van der Waals surface area contributed by atoms with Crippen LogP contribution < -0.4 is 9.04 Å². The number of alkyl halides is 2. The van der Waals surface area contributed by atoms with E-state index < -0.39 is 12.7 Å². The van der Waals surface area contributed by atoms with Crippen LogP contribution in [-0.2, 0) is 13.6 Å². The highest BCUT2D eigenvalue weighted by atomic mass is 32.2. The minimum atomic E-state index is -2.68. The van der Waals surface area contributed by atoms with Gasteiger partial charge in [-0.25, -0.2) is 14.3 Å². The fourth-order valence-electron chi connectivity index (χ4n) is 5.58. The third kappa shape index (κ3) is 4.77. The average molecular weight is 571 g/mol. The Morgan fingerprint density at radius 3 is 2.70 bits per heavy atom. The van der Waals surface area contributed by atoms with Gasteiger partial charge in [0.2, 0.25) is 0 Å². The third-order valence-electron chi connectivity index (χ3n) is 7.78. The van der Waals surface area contributed by atoms with Crippen molar-refractivity contribution in [2.24, 2.45) is 13.0 Å². The number of likely N-dealkylation sites (tertiary alicyclic amines) is 1. The van der Waals surface area contributed by atoms with Gasteiger partial charge in [0.05, 0.1) is 24.4 Å². The molecule has 2 fully saturated rings. The van der Waals surface area contributed by atoms with Gasteiger partial charge < -0.3 is 23.9 Å². The van der Waals surface area contributed by atoms with Crippen molar-refractivity contribution in [1.29, 1.82) is 0 Å².